The molecule has 194 valence electrons. The Hall–Kier alpha value is -2.86. The van der Waals surface area contributed by atoms with Crippen molar-refractivity contribution in [1.82, 2.24) is 15.5 Å². The first kappa shape index (κ1) is 28.4. The van der Waals surface area contributed by atoms with Gasteiger partial charge in [-0.3, -0.25) is 4.90 Å². The Morgan fingerprint density at radius 1 is 1.09 bits per heavy atom. The van der Waals surface area contributed by atoms with Gasteiger partial charge in [0.2, 0.25) is 0 Å². The molecule has 0 saturated carbocycles. The van der Waals surface area contributed by atoms with Crippen LogP contribution in [0.1, 0.15) is 40.8 Å². The maximum absolute atomic E-state index is 13.1. The molecule has 35 heavy (non-hydrogen) atoms. The third-order valence-electron chi connectivity index (χ3n) is 5.45. The summed E-state index contributed by atoms with van der Waals surface area (Å²) in [5, 5.41) is 15.0. The third kappa shape index (κ3) is 7.56. The van der Waals surface area contributed by atoms with Crippen molar-refractivity contribution < 1.29 is 40.6 Å². The first-order valence-corrected chi connectivity index (χ1v) is 10.6. The molecule has 12 heteroatoms. The SMILES string of the molecule is CNCc1cc(C(F)(F)F)cc(C(F)(F)F)c1.Cc1cc(F)ccc1C1C(C)NCCN1C(=O)O. The van der Waals surface area contributed by atoms with Crippen molar-refractivity contribution >= 4 is 6.09 Å². The number of nitrogens with zero attached hydrogens (tertiary/aromatic N) is 1. The zero-order chi connectivity index (χ0) is 26.6. The molecule has 1 aliphatic heterocycles. The summed E-state index contributed by atoms with van der Waals surface area (Å²) in [5.74, 6) is -0.297. The summed E-state index contributed by atoms with van der Waals surface area (Å²) in [5.41, 5.74) is -1.01. The van der Waals surface area contributed by atoms with E-state index in [4.69, 9.17) is 0 Å². The smallest absolute Gasteiger partial charge is 0.416 e. The summed E-state index contributed by atoms with van der Waals surface area (Å²) >= 11 is 0. The van der Waals surface area contributed by atoms with Gasteiger partial charge in [-0.1, -0.05) is 6.07 Å². The first-order valence-electron chi connectivity index (χ1n) is 10.6. The van der Waals surface area contributed by atoms with Crippen LogP contribution < -0.4 is 10.6 Å². The van der Waals surface area contributed by atoms with E-state index in [0.29, 0.717) is 25.2 Å². The van der Waals surface area contributed by atoms with Gasteiger partial charge in [-0.15, -0.1) is 0 Å². The van der Waals surface area contributed by atoms with Crippen LogP contribution in [0.15, 0.2) is 36.4 Å². The Labute approximate surface area is 197 Å². The number of piperazine rings is 1. The fourth-order valence-corrected chi connectivity index (χ4v) is 3.88. The molecule has 1 saturated heterocycles. The zero-order valence-corrected chi connectivity index (χ0v) is 19.2. The van der Waals surface area contributed by atoms with Crippen molar-refractivity contribution in [3.63, 3.8) is 0 Å². The lowest BCUT2D eigenvalue weighted by Gasteiger charge is -2.39. The molecule has 0 aliphatic carbocycles. The second-order valence-electron chi connectivity index (χ2n) is 8.11. The fourth-order valence-electron chi connectivity index (χ4n) is 3.88. The molecular formula is C23H26F7N3O2. The third-order valence-corrected chi connectivity index (χ3v) is 5.45. The number of aryl methyl sites for hydroxylation is 1. The Morgan fingerprint density at radius 3 is 2.11 bits per heavy atom. The molecule has 0 radical (unpaired) electrons. The summed E-state index contributed by atoms with van der Waals surface area (Å²) < 4.78 is 87.5. The molecule has 2 aromatic rings. The number of benzene rings is 2. The van der Waals surface area contributed by atoms with E-state index < -0.39 is 29.6 Å². The maximum Gasteiger partial charge on any atom is 0.416 e. The summed E-state index contributed by atoms with van der Waals surface area (Å²) in [7, 11) is 1.44. The molecule has 3 rings (SSSR count). The van der Waals surface area contributed by atoms with Crippen molar-refractivity contribution in [3.05, 3.63) is 70.0 Å². The number of hydrogen-bond acceptors (Lipinski definition) is 3. The summed E-state index contributed by atoms with van der Waals surface area (Å²) in [6.45, 7) is 4.78. The van der Waals surface area contributed by atoms with E-state index in [1.54, 1.807) is 13.0 Å². The van der Waals surface area contributed by atoms with Crippen LogP contribution in [0.3, 0.4) is 0 Å². The minimum atomic E-state index is -4.79. The van der Waals surface area contributed by atoms with Crippen molar-refractivity contribution in [1.29, 1.82) is 0 Å². The van der Waals surface area contributed by atoms with Crippen molar-refractivity contribution in [3.8, 4) is 0 Å². The molecule has 3 N–H and O–H groups in total. The standard InChI is InChI=1S/C13H17FN2O2.C10H9F6N/c1-8-7-10(14)3-4-11(8)12-9(2)15-5-6-16(12)13(17)18;1-17-5-6-2-7(9(11,12)13)4-8(3-6)10(14,15)16/h3-4,7,9,12,15H,5-6H2,1-2H3,(H,17,18);2-4,17H,5H2,1H3. The van der Waals surface area contributed by atoms with Crippen LogP contribution in [0.4, 0.5) is 35.5 Å². The van der Waals surface area contributed by atoms with Crippen LogP contribution in [0, 0.1) is 12.7 Å². The molecule has 0 spiro atoms. The van der Waals surface area contributed by atoms with Crippen molar-refractivity contribution in [2.24, 2.45) is 0 Å². The predicted molar refractivity (Wildman–Crippen MR) is 115 cm³/mol. The number of hydrogen-bond donors (Lipinski definition) is 3. The van der Waals surface area contributed by atoms with Gasteiger partial charge in [0, 0.05) is 25.7 Å². The fraction of sp³-hybridized carbons (Fsp3) is 0.435. The highest BCUT2D eigenvalue weighted by molar-refractivity contribution is 5.66. The molecular weight excluding hydrogens is 483 g/mol. The molecule has 2 aromatic carbocycles. The van der Waals surface area contributed by atoms with E-state index in [-0.39, 0.29) is 36.1 Å². The van der Waals surface area contributed by atoms with Crippen LogP contribution in [-0.4, -0.2) is 42.3 Å². The molecule has 1 amide bonds. The van der Waals surface area contributed by atoms with E-state index >= 15 is 0 Å². The van der Waals surface area contributed by atoms with Gasteiger partial charge < -0.3 is 15.7 Å². The lowest BCUT2D eigenvalue weighted by atomic mass is 9.93. The van der Waals surface area contributed by atoms with E-state index in [2.05, 4.69) is 10.6 Å². The van der Waals surface area contributed by atoms with Crippen LogP contribution >= 0.6 is 0 Å². The van der Waals surface area contributed by atoms with Crippen LogP contribution in [0.25, 0.3) is 0 Å². The Morgan fingerprint density at radius 2 is 1.66 bits per heavy atom. The van der Waals surface area contributed by atoms with Gasteiger partial charge in [0.1, 0.15) is 5.82 Å². The van der Waals surface area contributed by atoms with Crippen LogP contribution in [0.5, 0.6) is 0 Å². The molecule has 0 aromatic heterocycles. The summed E-state index contributed by atoms with van der Waals surface area (Å²) in [6, 6.07) is 5.75. The summed E-state index contributed by atoms with van der Waals surface area (Å²) in [6.07, 6.45) is -10.5. The van der Waals surface area contributed by atoms with Gasteiger partial charge in [-0.25, -0.2) is 9.18 Å². The molecule has 1 fully saturated rings. The minimum Gasteiger partial charge on any atom is -0.465 e. The van der Waals surface area contributed by atoms with Gasteiger partial charge in [-0.2, -0.15) is 26.3 Å². The number of nitrogens with one attached hydrogen (secondary N) is 2. The number of halogens is 7. The Balaban J connectivity index is 0.000000247. The van der Waals surface area contributed by atoms with E-state index in [9.17, 15) is 40.6 Å². The zero-order valence-electron chi connectivity index (χ0n) is 19.2. The molecule has 2 unspecified atom stereocenters. The van der Waals surface area contributed by atoms with E-state index in [1.165, 1.54) is 24.1 Å². The highest BCUT2D eigenvalue weighted by Crippen LogP contribution is 2.36. The van der Waals surface area contributed by atoms with Gasteiger partial charge in [0.05, 0.1) is 17.2 Å². The summed E-state index contributed by atoms with van der Waals surface area (Å²) in [4.78, 5) is 12.7. The molecule has 1 aliphatic rings. The number of amides is 1. The Kier molecular flexibility index (Phi) is 9.12. The number of carboxylic acid groups (broad SMARTS) is 1. The molecule has 1 heterocycles. The second-order valence-corrected chi connectivity index (χ2v) is 8.11. The average molecular weight is 509 g/mol. The number of rotatable bonds is 3. The average Bonchev–Trinajstić information content (AvgIpc) is 2.73. The van der Waals surface area contributed by atoms with Gasteiger partial charge in [0.25, 0.3) is 0 Å². The quantitative estimate of drug-likeness (QED) is 0.472. The topological polar surface area (TPSA) is 64.6 Å². The Bertz CT molecular complexity index is 993. The largest absolute Gasteiger partial charge is 0.465 e. The van der Waals surface area contributed by atoms with Crippen molar-refractivity contribution in [2.75, 3.05) is 20.1 Å². The van der Waals surface area contributed by atoms with Gasteiger partial charge in [0.15, 0.2) is 0 Å². The molecule has 0 bridgehead atoms. The van der Waals surface area contributed by atoms with Gasteiger partial charge >= 0.3 is 18.4 Å². The molecule has 2 atom stereocenters. The molecule has 5 nitrogen and oxygen atoms in total. The normalized spacial score (nSPS) is 18.6. The highest BCUT2D eigenvalue weighted by Gasteiger charge is 2.37. The van der Waals surface area contributed by atoms with Crippen molar-refractivity contribution in [2.45, 2.75) is 44.8 Å². The van der Waals surface area contributed by atoms with Gasteiger partial charge in [-0.05, 0) is 67.9 Å². The van der Waals surface area contributed by atoms with Crippen LogP contribution in [0.2, 0.25) is 0 Å². The highest BCUT2D eigenvalue weighted by atomic mass is 19.4. The van der Waals surface area contributed by atoms with Crippen LogP contribution in [-0.2, 0) is 18.9 Å². The lowest BCUT2D eigenvalue weighted by Crippen LogP contribution is -2.53. The number of alkyl halides is 6. The van der Waals surface area contributed by atoms with E-state index in [0.717, 1.165) is 11.1 Å². The number of carbonyl (C=O) groups is 1. The predicted octanol–water partition coefficient (Wildman–Crippen LogP) is 5.59. The maximum atomic E-state index is 13.1. The minimum absolute atomic E-state index is 0.0130. The second kappa shape index (κ2) is 11.3. The monoisotopic (exact) mass is 509 g/mol. The lowest BCUT2D eigenvalue weighted by molar-refractivity contribution is -0.143. The van der Waals surface area contributed by atoms with E-state index in [1.807, 2.05) is 6.92 Å². The first-order chi connectivity index (χ1) is 16.1.